The van der Waals surface area contributed by atoms with E-state index in [1.54, 1.807) is 0 Å². The summed E-state index contributed by atoms with van der Waals surface area (Å²) in [7, 11) is 0. The molecule has 0 saturated heterocycles. The van der Waals surface area contributed by atoms with Crippen molar-refractivity contribution in [2.45, 2.75) is 124 Å². The quantitative estimate of drug-likeness (QED) is 0.240. The number of ketones is 1. The highest BCUT2D eigenvalue weighted by Gasteiger charge is 2.23. The van der Waals surface area contributed by atoms with Crippen molar-refractivity contribution in [3.05, 3.63) is 88.4 Å². The number of benzene rings is 1. The van der Waals surface area contributed by atoms with Crippen LogP contribution >= 0.6 is 0 Å². The van der Waals surface area contributed by atoms with Crippen LogP contribution in [-0.4, -0.2) is 24.4 Å². The van der Waals surface area contributed by atoms with Gasteiger partial charge in [0.25, 0.3) is 5.91 Å². The van der Waals surface area contributed by atoms with Gasteiger partial charge in [0.05, 0.1) is 6.10 Å². The molecule has 2 aliphatic carbocycles. The summed E-state index contributed by atoms with van der Waals surface area (Å²) in [6, 6.07) is 8.02. The van der Waals surface area contributed by atoms with E-state index in [4.69, 9.17) is 9.47 Å². The number of rotatable bonds is 13. The first-order valence-corrected chi connectivity index (χ1v) is 17.3. The lowest BCUT2D eigenvalue weighted by molar-refractivity contribution is -0.119. The molecule has 45 heavy (non-hydrogen) atoms. The molecular weight excluding hydrogens is 558 g/mol. The van der Waals surface area contributed by atoms with Gasteiger partial charge in [0.2, 0.25) is 0 Å². The summed E-state index contributed by atoms with van der Waals surface area (Å²) in [5, 5.41) is 3.10. The van der Waals surface area contributed by atoms with Crippen LogP contribution in [-0.2, 0) is 25.5 Å². The minimum atomic E-state index is -0.0985. The van der Waals surface area contributed by atoms with Crippen LogP contribution in [0.3, 0.4) is 0 Å². The molecule has 0 atom stereocenters. The van der Waals surface area contributed by atoms with Crippen molar-refractivity contribution >= 4 is 17.4 Å². The molecule has 1 N–H and O–H groups in total. The van der Waals surface area contributed by atoms with Crippen molar-refractivity contribution in [3.63, 3.8) is 0 Å². The number of amides is 1. The Labute approximate surface area is 271 Å². The molecule has 5 heteroatoms. The summed E-state index contributed by atoms with van der Waals surface area (Å²) in [4.78, 5) is 25.9. The molecule has 244 valence electrons. The number of aryl methyl sites for hydroxylation is 1. The molecule has 0 unspecified atom stereocenters. The van der Waals surface area contributed by atoms with Gasteiger partial charge in [-0.1, -0.05) is 57.9 Å². The molecule has 1 heterocycles. The Kier molecular flexibility index (Phi) is 12.9. The Morgan fingerprint density at radius 1 is 0.978 bits per heavy atom. The maximum atomic E-state index is 13.4. The van der Waals surface area contributed by atoms with E-state index < -0.39 is 0 Å². The topological polar surface area (TPSA) is 64.6 Å². The van der Waals surface area contributed by atoms with E-state index in [1.807, 2.05) is 31.2 Å². The van der Waals surface area contributed by atoms with Crippen LogP contribution in [0.15, 0.2) is 82.9 Å². The van der Waals surface area contributed by atoms with Gasteiger partial charge in [-0.2, -0.15) is 0 Å². The summed E-state index contributed by atoms with van der Waals surface area (Å²) >= 11 is 0. The fraction of sp³-hybridized carbons (Fsp3) is 0.550. The largest absolute Gasteiger partial charge is 0.493 e. The van der Waals surface area contributed by atoms with Crippen molar-refractivity contribution < 1.29 is 19.1 Å². The second-order valence-corrected chi connectivity index (χ2v) is 14.1. The maximum Gasteiger partial charge on any atom is 0.255 e. The summed E-state index contributed by atoms with van der Waals surface area (Å²) in [6.45, 7) is 11.4. The van der Waals surface area contributed by atoms with Crippen molar-refractivity contribution in [3.8, 4) is 0 Å². The van der Waals surface area contributed by atoms with Crippen molar-refractivity contribution in [2.75, 3.05) is 11.9 Å². The lowest BCUT2D eigenvalue weighted by Crippen LogP contribution is -2.21. The van der Waals surface area contributed by atoms with Gasteiger partial charge in [-0.25, -0.2) is 0 Å². The standard InChI is InChI=1S/C40H55NO4/c1-6-30-19-23-35(24-20-30)45-36-16-8-7-11-29(2)37(28-36)39(43)41-33-21-17-31(18-22-33)12-9-14-34(42)15-10-13-32-25-26-44-38(27-32)40(3,4)5/h8,16-18,21-22,25,27-28,30,35H,6-7,9-15,19-20,23-24,26H2,1-5H3,(H,41,43). The highest BCUT2D eigenvalue weighted by Crippen LogP contribution is 2.32. The molecule has 0 bridgehead atoms. The second-order valence-electron chi connectivity index (χ2n) is 14.1. The zero-order valence-electron chi connectivity index (χ0n) is 28.4. The predicted molar refractivity (Wildman–Crippen MR) is 185 cm³/mol. The second kappa shape index (κ2) is 16.8. The lowest BCUT2D eigenvalue weighted by Gasteiger charge is -2.29. The van der Waals surface area contributed by atoms with Gasteiger partial charge in [-0.05, 0) is 125 Å². The maximum absolute atomic E-state index is 13.4. The van der Waals surface area contributed by atoms with Crippen LogP contribution < -0.4 is 5.32 Å². The molecule has 0 radical (unpaired) electrons. The van der Waals surface area contributed by atoms with Crippen LogP contribution in [0.5, 0.6) is 0 Å². The van der Waals surface area contributed by atoms with Gasteiger partial charge >= 0.3 is 0 Å². The van der Waals surface area contributed by atoms with Crippen molar-refractivity contribution in [1.29, 1.82) is 0 Å². The zero-order chi connectivity index (χ0) is 32.2. The van der Waals surface area contributed by atoms with Crippen molar-refractivity contribution in [2.24, 2.45) is 11.3 Å². The number of carbonyl (C=O) groups excluding carboxylic acids is 2. The van der Waals surface area contributed by atoms with E-state index in [9.17, 15) is 9.59 Å². The van der Waals surface area contributed by atoms with Gasteiger partial charge < -0.3 is 14.8 Å². The minimum absolute atomic E-state index is 0.00529. The Hall–Kier alpha value is -3.34. The van der Waals surface area contributed by atoms with E-state index in [1.165, 1.54) is 30.4 Å². The first-order valence-electron chi connectivity index (χ1n) is 17.3. The average molecular weight is 614 g/mol. The number of Topliss-reactive ketones (excluding diaryl/α,β-unsaturated/α-hetero) is 1. The number of hydrogen-bond acceptors (Lipinski definition) is 4. The first kappa shape index (κ1) is 34.5. The van der Waals surface area contributed by atoms with Crippen LogP contribution in [0, 0.1) is 11.3 Å². The number of hydrogen-bond donors (Lipinski definition) is 1. The molecule has 1 saturated carbocycles. The fourth-order valence-electron chi connectivity index (χ4n) is 6.30. The molecule has 1 aromatic rings. The van der Waals surface area contributed by atoms with Crippen LogP contribution in [0.1, 0.15) is 117 Å². The van der Waals surface area contributed by atoms with Crippen LogP contribution in [0.25, 0.3) is 0 Å². The molecule has 1 aromatic carbocycles. The Morgan fingerprint density at radius 3 is 2.38 bits per heavy atom. The van der Waals surface area contributed by atoms with Gasteiger partial charge in [-0.15, -0.1) is 0 Å². The molecule has 1 amide bonds. The van der Waals surface area contributed by atoms with Gasteiger partial charge in [-0.3, -0.25) is 9.59 Å². The molecule has 4 rings (SSSR count). The number of nitrogens with one attached hydrogen (secondary N) is 1. The van der Waals surface area contributed by atoms with Crippen LogP contribution in [0.2, 0.25) is 0 Å². The van der Waals surface area contributed by atoms with E-state index in [-0.39, 0.29) is 17.4 Å². The highest BCUT2D eigenvalue weighted by molar-refractivity contribution is 6.06. The smallest absolute Gasteiger partial charge is 0.255 e. The normalized spacial score (nSPS) is 20.7. The lowest BCUT2D eigenvalue weighted by atomic mass is 9.86. The van der Waals surface area contributed by atoms with E-state index >= 15 is 0 Å². The predicted octanol–water partition coefficient (Wildman–Crippen LogP) is 10.1. The Balaban J connectivity index is 1.21. The Morgan fingerprint density at radius 2 is 1.69 bits per heavy atom. The summed E-state index contributed by atoms with van der Waals surface area (Å²) < 4.78 is 12.2. The third-order valence-electron chi connectivity index (χ3n) is 9.33. The van der Waals surface area contributed by atoms with Gasteiger partial charge in [0.15, 0.2) is 0 Å². The number of ether oxygens (including phenoxy) is 2. The summed E-state index contributed by atoms with van der Waals surface area (Å²) in [5.74, 6) is 2.86. The number of anilines is 1. The molecular formula is C40H55NO4. The third-order valence-corrected chi connectivity index (χ3v) is 9.33. The van der Waals surface area contributed by atoms with E-state index in [2.05, 4.69) is 63.4 Å². The molecule has 0 aromatic heterocycles. The highest BCUT2D eigenvalue weighted by atomic mass is 16.5. The van der Waals surface area contributed by atoms with E-state index in [0.717, 1.165) is 80.1 Å². The molecule has 0 spiro atoms. The zero-order valence-corrected chi connectivity index (χ0v) is 28.4. The van der Waals surface area contributed by atoms with Crippen LogP contribution in [0.4, 0.5) is 5.69 Å². The molecule has 5 nitrogen and oxygen atoms in total. The summed E-state index contributed by atoms with van der Waals surface area (Å²) in [6.07, 6.45) is 22.9. The average Bonchev–Trinajstić information content (AvgIpc) is 3.01. The SMILES string of the molecule is CCC1CCC(OC2=CC(C(=O)Nc3ccc(CCCC(=O)CCCC4=CCOC(C(C)(C)C)=C4)cc3)=C(C)CCC=C2)CC1. The third kappa shape index (κ3) is 11.2. The molecule has 1 fully saturated rings. The molecule has 1 aliphatic heterocycles. The Bertz CT molecular complexity index is 1310. The van der Waals surface area contributed by atoms with Gasteiger partial charge in [0.1, 0.15) is 23.9 Å². The minimum Gasteiger partial charge on any atom is -0.493 e. The number of allylic oxidation sites excluding steroid dienone is 6. The monoisotopic (exact) mass is 613 g/mol. The van der Waals surface area contributed by atoms with Crippen molar-refractivity contribution in [1.82, 2.24) is 0 Å². The first-order chi connectivity index (χ1) is 21.6. The summed E-state index contributed by atoms with van der Waals surface area (Å²) in [5.41, 5.74) is 5.00. The van der Waals surface area contributed by atoms with Gasteiger partial charge in [0, 0.05) is 29.5 Å². The fourth-order valence-corrected chi connectivity index (χ4v) is 6.30. The number of carbonyl (C=O) groups is 2. The molecule has 3 aliphatic rings. The van der Waals surface area contributed by atoms with E-state index in [0.29, 0.717) is 30.8 Å².